The van der Waals surface area contributed by atoms with E-state index in [0.29, 0.717) is 16.7 Å². The number of benzene rings is 3. The van der Waals surface area contributed by atoms with Crippen molar-refractivity contribution < 1.29 is 46.0 Å². The molecule has 3 aromatic rings. The zero-order valence-corrected chi connectivity index (χ0v) is 21.1. The van der Waals surface area contributed by atoms with Crippen LogP contribution in [0.4, 0.5) is 17.6 Å². The summed E-state index contributed by atoms with van der Waals surface area (Å²) in [6.45, 7) is 1.03. The third kappa shape index (κ3) is 8.34. The lowest BCUT2D eigenvalue weighted by atomic mass is 9.98. The number of rotatable bonds is 11. The number of alkyl halides is 1. The van der Waals surface area contributed by atoms with Crippen molar-refractivity contribution in [2.45, 2.75) is 57.5 Å². The molecule has 0 spiro atoms. The van der Waals surface area contributed by atoms with E-state index in [2.05, 4.69) is 0 Å². The number of carbonyl (C=O) groups is 1. The normalized spacial score (nSPS) is 22.9. The van der Waals surface area contributed by atoms with Gasteiger partial charge < -0.3 is 23.7 Å². The van der Waals surface area contributed by atoms with Crippen LogP contribution in [-0.4, -0.2) is 43.3 Å². The smallest absolute Gasteiger partial charge is 0.303 e. The van der Waals surface area contributed by atoms with Crippen LogP contribution in [0.5, 0.6) is 0 Å². The Balaban J connectivity index is 1.54. The summed E-state index contributed by atoms with van der Waals surface area (Å²) >= 11 is 0. The minimum Gasteiger partial charge on any atom is -0.454 e. The highest BCUT2D eigenvalue weighted by atomic mass is 19.1. The first-order valence-electron chi connectivity index (χ1n) is 12.3. The van der Waals surface area contributed by atoms with Gasteiger partial charge in [-0.3, -0.25) is 4.79 Å². The average molecular weight is 549 g/mol. The van der Waals surface area contributed by atoms with Crippen LogP contribution in [0, 0.1) is 17.5 Å². The molecule has 0 unspecified atom stereocenters. The third-order valence-electron chi connectivity index (χ3n) is 6.05. The summed E-state index contributed by atoms with van der Waals surface area (Å²) in [5.41, 5.74) is 1.92. The second kappa shape index (κ2) is 13.7. The molecule has 0 aromatic heterocycles. The lowest BCUT2D eigenvalue weighted by Gasteiger charge is -2.43. The van der Waals surface area contributed by atoms with Gasteiger partial charge in [-0.05, 0) is 53.1 Å². The predicted molar refractivity (Wildman–Crippen MR) is 131 cm³/mol. The molecule has 0 amide bonds. The van der Waals surface area contributed by atoms with Crippen molar-refractivity contribution in [3.05, 3.63) is 107 Å². The maximum Gasteiger partial charge on any atom is 0.303 e. The molecule has 0 radical (unpaired) electrons. The van der Waals surface area contributed by atoms with E-state index in [1.807, 2.05) is 0 Å². The highest BCUT2D eigenvalue weighted by molar-refractivity contribution is 5.66. The van der Waals surface area contributed by atoms with Crippen molar-refractivity contribution in [3.8, 4) is 0 Å². The van der Waals surface area contributed by atoms with Crippen molar-refractivity contribution in [3.63, 3.8) is 0 Å². The van der Waals surface area contributed by atoms with E-state index in [1.165, 1.54) is 60.7 Å². The van der Waals surface area contributed by atoms with Crippen LogP contribution in [0.1, 0.15) is 23.6 Å². The molecule has 6 nitrogen and oxygen atoms in total. The summed E-state index contributed by atoms with van der Waals surface area (Å²) in [6.07, 6.45) is -6.64. The van der Waals surface area contributed by atoms with Crippen molar-refractivity contribution >= 4 is 5.97 Å². The van der Waals surface area contributed by atoms with Gasteiger partial charge in [0.15, 0.2) is 6.10 Å². The fraction of sp³-hybridized carbons (Fsp3) is 0.345. The van der Waals surface area contributed by atoms with Crippen molar-refractivity contribution in [2.75, 3.05) is 6.61 Å². The Hall–Kier alpha value is -3.31. The SMILES string of the molecule is CC(=O)O[C@H]1[C@@H](OCc2ccc(F)cc2)[C@H](OCc2ccc(F)cc2)[C@@H](COCc2ccc(F)cc2)O[C@@H]1F. The third-order valence-corrected chi connectivity index (χ3v) is 6.05. The lowest BCUT2D eigenvalue weighted by molar-refractivity contribution is -0.291. The van der Waals surface area contributed by atoms with Gasteiger partial charge in [0.25, 0.3) is 0 Å². The summed E-state index contributed by atoms with van der Waals surface area (Å²) < 4.78 is 83.8. The number of ether oxygens (including phenoxy) is 5. The summed E-state index contributed by atoms with van der Waals surface area (Å²) in [4.78, 5) is 11.8. The first-order chi connectivity index (χ1) is 18.8. The molecule has 10 heteroatoms. The first-order valence-corrected chi connectivity index (χ1v) is 12.3. The van der Waals surface area contributed by atoms with Crippen molar-refractivity contribution in [2.24, 2.45) is 0 Å². The zero-order chi connectivity index (χ0) is 27.8. The molecule has 4 rings (SSSR count). The van der Waals surface area contributed by atoms with Gasteiger partial charge in [-0.1, -0.05) is 36.4 Å². The Morgan fingerprint density at radius 3 is 1.59 bits per heavy atom. The van der Waals surface area contributed by atoms with Gasteiger partial charge >= 0.3 is 5.97 Å². The highest BCUT2D eigenvalue weighted by Crippen LogP contribution is 2.31. The fourth-order valence-electron chi connectivity index (χ4n) is 4.13. The van der Waals surface area contributed by atoms with Crippen LogP contribution >= 0.6 is 0 Å². The van der Waals surface area contributed by atoms with Crippen LogP contribution in [-0.2, 0) is 48.3 Å². The molecule has 0 aliphatic carbocycles. The van der Waals surface area contributed by atoms with Crippen LogP contribution < -0.4 is 0 Å². The minimum atomic E-state index is -2.06. The van der Waals surface area contributed by atoms with Gasteiger partial charge in [0.05, 0.1) is 26.4 Å². The topological polar surface area (TPSA) is 63.2 Å². The monoisotopic (exact) mass is 548 g/mol. The van der Waals surface area contributed by atoms with Crippen molar-refractivity contribution in [1.82, 2.24) is 0 Å². The molecule has 1 saturated heterocycles. The predicted octanol–water partition coefficient (Wildman–Crippen LogP) is 5.42. The van der Waals surface area contributed by atoms with E-state index in [4.69, 9.17) is 23.7 Å². The molecule has 3 aromatic carbocycles. The summed E-state index contributed by atoms with van der Waals surface area (Å²) in [5.74, 6) is -1.97. The van der Waals surface area contributed by atoms with E-state index >= 15 is 4.39 Å². The second-order valence-corrected chi connectivity index (χ2v) is 9.05. The Labute approximate surface area is 223 Å². The molecule has 208 valence electrons. The highest BCUT2D eigenvalue weighted by Gasteiger charge is 2.50. The molecule has 0 bridgehead atoms. The van der Waals surface area contributed by atoms with Gasteiger partial charge in [0, 0.05) is 6.92 Å². The summed E-state index contributed by atoms with van der Waals surface area (Å²) in [6, 6.07) is 16.9. The van der Waals surface area contributed by atoms with Crippen LogP contribution in [0.25, 0.3) is 0 Å². The summed E-state index contributed by atoms with van der Waals surface area (Å²) in [7, 11) is 0. The molecular formula is C29H28F4O6. The Bertz CT molecular complexity index is 1190. The average Bonchev–Trinajstić information content (AvgIpc) is 2.91. The zero-order valence-electron chi connectivity index (χ0n) is 21.1. The van der Waals surface area contributed by atoms with Crippen LogP contribution in [0.15, 0.2) is 72.8 Å². The van der Waals surface area contributed by atoms with Gasteiger partial charge in [-0.25, -0.2) is 17.6 Å². The van der Waals surface area contributed by atoms with Gasteiger partial charge in [0.1, 0.15) is 35.8 Å². The lowest BCUT2D eigenvalue weighted by Crippen LogP contribution is -2.60. The molecule has 1 aliphatic rings. The first kappa shape index (κ1) is 28.7. The van der Waals surface area contributed by atoms with E-state index in [9.17, 15) is 18.0 Å². The molecule has 1 heterocycles. The van der Waals surface area contributed by atoms with Crippen LogP contribution in [0.3, 0.4) is 0 Å². The van der Waals surface area contributed by atoms with Crippen LogP contribution in [0.2, 0.25) is 0 Å². The van der Waals surface area contributed by atoms with Crippen molar-refractivity contribution in [1.29, 1.82) is 0 Å². The van der Waals surface area contributed by atoms with Gasteiger partial charge in [-0.15, -0.1) is 0 Å². The van der Waals surface area contributed by atoms with E-state index in [-0.39, 0.29) is 32.2 Å². The minimum absolute atomic E-state index is 0.0110. The molecule has 5 atom stereocenters. The molecular weight excluding hydrogens is 520 g/mol. The molecule has 39 heavy (non-hydrogen) atoms. The molecule has 0 N–H and O–H groups in total. The Morgan fingerprint density at radius 1 is 0.692 bits per heavy atom. The molecule has 1 aliphatic heterocycles. The maximum absolute atomic E-state index is 15.2. The quantitative estimate of drug-likeness (QED) is 0.236. The summed E-state index contributed by atoms with van der Waals surface area (Å²) in [5, 5.41) is 0. The standard InChI is InChI=1S/C29H28F4O6/c1-18(34)38-28-27(37-16-21-6-12-24(32)13-7-21)26(36-15-20-4-10-23(31)11-5-20)25(39-29(28)33)17-35-14-19-2-8-22(30)9-3-19/h2-13,25-29H,14-17H2,1H3/t25-,26-,27+,28+,29+/m1/s1. The second-order valence-electron chi connectivity index (χ2n) is 9.05. The van der Waals surface area contributed by atoms with Gasteiger partial charge in [-0.2, -0.15) is 0 Å². The Kier molecular flexibility index (Phi) is 10.0. The number of carbonyl (C=O) groups excluding carboxylic acids is 1. The van der Waals surface area contributed by atoms with E-state index in [0.717, 1.165) is 6.92 Å². The van der Waals surface area contributed by atoms with E-state index < -0.39 is 48.4 Å². The number of halogens is 4. The number of esters is 1. The largest absolute Gasteiger partial charge is 0.454 e. The van der Waals surface area contributed by atoms with Gasteiger partial charge in [0.2, 0.25) is 6.36 Å². The number of hydrogen-bond donors (Lipinski definition) is 0. The number of hydrogen-bond acceptors (Lipinski definition) is 6. The Morgan fingerprint density at radius 2 is 1.13 bits per heavy atom. The van der Waals surface area contributed by atoms with E-state index in [1.54, 1.807) is 12.1 Å². The molecule has 0 saturated carbocycles. The fourth-order valence-corrected chi connectivity index (χ4v) is 4.13. The molecule has 1 fully saturated rings. The maximum atomic E-state index is 15.2.